The SMILES string of the molecule is COc1cc(Nc2cc(=O)[nH]cn2)ccc1C(=O)O. The van der Waals surface area contributed by atoms with E-state index in [1.54, 1.807) is 6.07 Å². The second kappa shape index (κ2) is 5.21. The highest BCUT2D eigenvalue weighted by Gasteiger charge is 2.11. The summed E-state index contributed by atoms with van der Waals surface area (Å²) < 4.78 is 5.00. The third-order valence-electron chi connectivity index (χ3n) is 2.38. The van der Waals surface area contributed by atoms with Crippen LogP contribution >= 0.6 is 0 Å². The number of H-pyrrole nitrogens is 1. The summed E-state index contributed by atoms with van der Waals surface area (Å²) in [4.78, 5) is 28.4. The lowest BCUT2D eigenvalue weighted by atomic mass is 10.2. The molecule has 0 fully saturated rings. The molecule has 7 nitrogen and oxygen atoms in total. The van der Waals surface area contributed by atoms with Gasteiger partial charge in [0.25, 0.3) is 5.56 Å². The molecule has 0 spiro atoms. The molecule has 1 aromatic carbocycles. The van der Waals surface area contributed by atoms with Gasteiger partial charge in [-0.2, -0.15) is 0 Å². The molecule has 0 unspecified atom stereocenters. The normalized spacial score (nSPS) is 9.95. The molecule has 2 rings (SSSR count). The van der Waals surface area contributed by atoms with Crippen LogP contribution in [0.25, 0.3) is 0 Å². The molecule has 0 saturated heterocycles. The molecule has 0 bridgehead atoms. The molecule has 3 N–H and O–H groups in total. The molecule has 7 heteroatoms. The molecule has 0 aliphatic rings. The van der Waals surface area contributed by atoms with Crippen molar-refractivity contribution in [1.82, 2.24) is 9.97 Å². The molecular weight excluding hydrogens is 250 g/mol. The number of rotatable bonds is 4. The zero-order chi connectivity index (χ0) is 13.8. The van der Waals surface area contributed by atoms with Crippen LogP contribution in [0.1, 0.15) is 10.4 Å². The van der Waals surface area contributed by atoms with Gasteiger partial charge in [-0.25, -0.2) is 9.78 Å². The summed E-state index contributed by atoms with van der Waals surface area (Å²) in [6.45, 7) is 0. The van der Waals surface area contributed by atoms with E-state index in [0.717, 1.165) is 0 Å². The number of aromatic amines is 1. The highest BCUT2D eigenvalue weighted by Crippen LogP contribution is 2.24. The van der Waals surface area contributed by atoms with Crippen molar-refractivity contribution in [3.05, 3.63) is 46.5 Å². The first-order valence-electron chi connectivity index (χ1n) is 5.33. The van der Waals surface area contributed by atoms with E-state index in [9.17, 15) is 9.59 Å². The maximum absolute atomic E-state index is 11.1. The van der Waals surface area contributed by atoms with Gasteiger partial charge in [-0.15, -0.1) is 0 Å². The molecule has 0 aliphatic carbocycles. The number of methoxy groups -OCH3 is 1. The standard InChI is InChI=1S/C12H11N3O4/c1-19-9-4-7(2-3-8(9)12(17)18)15-10-5-11(16)14-6-13-10/h2-6H,1H3,(H,17,18)(H2,13,14,15,16). The second-order valence-corrected chi connectivity index (χ2v) is 3.64. The van der Waals surface area contributed by atoms with Crippen LogP contribution in [-0.4, -0.2) is 28.2 Å². The Hall–Kier alpha value is -2.83. The molecule has 0 aliphatic heterocycles. The molecule has 0 saturated carbocycles. The summed E-state index contributed by atoms with van der Waals surface area (Å²) in [6.07, 6.45) is 1.27. The van der Waals surface area contributed by atoms with Crippen LogP contribution < -0.4 is 15.6 Å². The van der Waals surface area contributed by atoms with Crippen molar-refractivity contribution in [3.8, 4) is 5.75 Å². The summed E-state index contributed by atoms with van der Waals surface area (Å²) in [7, 11) is 1.39. The maximum atomic E-state index is 11.1. The lowest BCUT2D eigenvalue weighted by Gasteiger charge is -2.09. The smallest absolute Gasteiger partial charge is 0.339 e. The molecule has 2 aromatic rings. The van der Waals surface area contributed by atoms with Crippen LogP contribution in [0.15, 0.2) is 35.4 Å². The fourth-order valence-electron chi connectivity index (χ4n) is 1.53. The van der Waals surface area contributed by atoms with Gasteiger partial charge in [-0.3, -0.25) is 4.79 Å². The second-order valence-electron chi connectivity index (χ2n) is 3.64. The van der Waals surface area contributed by atoms with Crippen molar-refractivity contribution >= 4 is 17.5 Å². The quantitative estimate of drug-likeness (QED) is 0.764. The summed E-state index contributed by atoms with van der Waals surface area (Å²) in [5.74, 6) is -0.492. The van der Waals surface area contributed by atoms with Gasteiger partial charge < -0.3 is 20.1 Å². The van der Waals surface area contributed by atoms with Gasteiger partial charge in [0.2, 0.25) is 0 Å². The van der Waals surface area contributed by atoms with E-state index in [1.165, 1.54) is 31.6 Å². The summed E-state index contributed by atoms with van der Waals surface area (Å²) in [5, 5.41) is 11.8. The van der Waals surface area contributed by atoms with Crippen molar-refractivity contribution in [3.63, 3.8) is 0 Å². The number of hydrogen-bond donors (Lipinski definition) is 3. The van der Waals surface area contributed by atoms with E-state index in [2.05, 4.69) is 15.3 Å². The number of nitrogens with zero attached hydrogens (tertiary/aromatic N) is 1. The summed E-state index contributed by atoms with van der Waals surface area (Å²) in [6, 6.07) is 5.79. The molecule has 19 heavy (non-hydrogen) atoms. The molecule has 0 radical (unpaired) electrons. The van der Waals surface area contributed by atoms with Crippen molar-refractivity contribution in [2.24, 2.45) is 0 Å². The van der Waals surface area contributed by atoms with Crippen molar-refractivity contribution in [2.75, 3.05) is 12.4 Å². The largest absolute Gasteiger partial charge is 0.496 e. The van der Waals surface area contributed by atoms with Gasteiger partial charge in [-0.1, -0.05) is 0 Å². The van der Waals surface area contributed by atoms with Gasteiger partial charge in [0, 0.05) is 17.8 Å². The van der Waals surface area contributed by atoms with Crippen LogP contribution in [0, 0.1) is 0 Å². The summed E-state index contributed by atoms with van der Waals surface area (Å²) >= 11 is 0. The Morgan fingerprint density at radius 2 is 2.21 bits per heavy atom. The van der Waals surface area contributed by atoms with Gasteiger partial charge in [-0.05, 0) is 12.1 Å². The molecule has 1 aromatic heterocycles. The van der Waals surface area contributed by atoms with E-state index in [-0.39, 0.29) is 16.9 Å². The van der Waals surface area contributed by atoms with Gasteiger partial charge in [0.05, 0.1) is 13.4 Å². The highest BCUT2D eigenvalue weighted by atomic mass is 16.5. The van der Waals surface area contributed by atoms with Crippen LogP contribution in [0.5, 0.6) is 5.75 Å². The Bertz CT molecular complexity index is 666. The Morgan fingerprint density at radius 3 is 2.84 bits per heavy atom. The number of carboxylic acids is 1. The maximum Gasteiger partial charge on any atom is 0.339 e. The van der Waals surface area contributed by atoms with Crippen LogP contribution in [0.2, 0.25) is 0 Å². The van der Waals surface area contributed by atoms with Gasteiger partial charge >= 0.3 is 5.97 Å². The third-order valence-corrected chi connectivity index (χ3v) is 2.38. The number of nitrogens with one attached hydrogen (secondary N) is 2. The van der Waals surface area contributed by atoms with E-state index in [0.29, 0.717) is 11.5 Å². The number of benzene rings is 1. The fraction of sp³-hybridized carbons (Fsp3) is 0.0833. The number of aromatic nitrogens is 2. The molecule has 0 amide bonds. The minimum absolute atomic E-state index is 0.0620. The number of hydrogen-bond acceptors (Lipinski definition) is 5. The van der Waals surface area contributed by atoms with Gasteiger partial charge in [0.1, 0.15) is 17.1 Å². The Morgan fingerprint density at radius 1 is 1.42 bits per heavy atom. The van der Waals surface area contributed by atoms with Crippen LogP contribution in [0.3, 0.4) is 0 Å². The lowest BCUT2D eigenvalue weighted by Crippen LogP contribution is -2.07. The first-order chi connectivity index (χ1) is 9.10. The molecular formula is C12H11N3O4. The van der Waals surface area contributed by atoms with E-state index >= 15 is 0 Å². The lowest BCUT2D eigenvalue weighted by molar-refractivity contribution is 0.0693. The predicted molar refractivity (Wildman–Crippen MR) is 68.1 cm³/mol. The first kappa shape index (κ1) is 12.6. The predicted octanol–water partition coefficient (Wildman–Crippen LogP) is 1.22. The Kier molecular flexibility index (Phi) is 3.46. The van der Waals surface area contributed by atoms with Gasteiger partial charge in [0.15, 0.2) is 0 Å². The number of aromatic carboxylic acids is 1. The average Bonchev–Trinajstić information content (AvgIpc) is 2.38. The number of carbonyl (C=O) groups is 1. The minimum atomic E-state index is -1.07. The average molecular weight is 261 g/mol. The number of anilines is 2. The highest BCUT2D eigenvalue weighted by molar-refractivity contribution is 5.91. The monoisotopic (exact) mass is 261 g/mol. The van der Waals surface area contributed by atoms with Crippen molar-refractivity contribution < 1.29 is 14.6 Å². The first-order valence-corrected chi connectivity index (χ1v) is 5.33. The molecule has 1 heterocycles. The zero-order valence-corrected chi connectivity index (χ0v) is 10.0. The van der Waals surface area contributed by atoms with Crippen molar-refractivity contribution in [2.45, 2.75) is 0 Å². The molecule has 0 atom stereocenters. The van der Waals surface area contributed by atoms with E-state index in [4.69, 9.17) is 9.84 Å². The molecule has 98 valence electrons. The topological polar surface area (TPSA) is 104 Å². The number of ether oxygens (including phenoxy) is 1. The fourth-order valence-corrected chi connectivity index (χ4v) is 1.53. The zero-order valence-electron chi connectivity index (χ0n) is 10.0. The minimum Gasteiger partial charge on any atom is -0.496 e. The van der Waals surface area contributed by atoms with E-state index < -0.39 is 5.97 Å². The van der Waals surface area contributed by atoms with Crippen molar-refractivity contribution in [1.29, 1.82) is 0 Å². The third kappa shape index (κ3) is 2.89. The van der Waals surface area contributed by atoms with E-state index in [1.807, 2.05) is 0 Å². The Balaban J connectivity index is 2.31. The summed E-state index contributed by atoms with van der Waals surface area (Å²) in [5.41, 5.74) is 0.346. The van der Waals surface area contributed by atoms with Crippen LogP contribution in [0.4, 0.5) is 11.5 Å². The number of carboxylic acid groups (broad SMARTS) is 1. The Labute approximate surface area is 107 Å². The van der Waals surface area contributed by atoms with Crippen LogP contribution in [-0.2, 0) is 0 Å².